The summed E-state index contributed by atoms with van der Waals surface area (Å²) >= 11 is 0. The standard InChI is InChI=1S/C15H13N3O/c1-2-4-14-13(3-1)18(9-10-19-14)12-6-8-17-15-11(12)5-7-16-15/h1-8H,9-10H2,(H,16,17). The molecule has 0 amide bonds. The molecule has 0 bridgehead atoms. The number of benzene rings is 1. The zero-order chi connectivity index (χ0) is 12.7. The Balaban J connectivity index is 1.92. The molecule has 1 aromatic carbocycles. The molecular formula is C15H13N3O. The third-order valence-electron chi connectivity index (χ3n) is 3.46. The Kier molecular flexibility index (Phi) is 2.21. The second-order valence-electron chi connectivity index (χ2n) is 4.54. The minimum Gasteiger partial charge on any atom is -0.490 e. The van der Waals surface area contributed by atoms with E-state index in [9.17, 15) is 0 Å². The molecule has 0 fully saturated rings. The van der Waals surface area contributed by atoms with E-state index in [0.717, 1.165) is 29.0 Å². The average molecular weight is 251 g/mol. The number of hydrogen-bond donors (Lipinski definition) is 1. The van der Waals surface area contributed by atoms with E-state index >= 15 is 0 Å². The minimum absolute atomic E-state index is 0.700. The first-order valence-corrected chi connectivity index (χ1v) is 6.35. The number of rotatable bonds is 1. The highest BCUT2D eigenvalue weighted by Crippen LogP contribution is 2.38. The number of nitrogens with zero attached hydrogens (tertiary/aromatic N) is 2. The van der Waals surface area contributed by atoms with Crippen LogP contribution >= 0.6 is 0 Å². The molecule has 0 atom stereocenters. The average Bonchev–Trinajstić information content (AvgIpc) is 2.95. The van der Waals surface area contributed by atoms with Gasteiger partial charge in [0.05, 0.1) is 17.9 Å². The second kappa shape index (κ2) is 4.02. The van der Waals surface area contributed by atoms with E-state index in [1.807, 2.05) is 30.6 Å². The first-order chi connectivity index (χ1) is 9.43. The lowest BCUT2D eigenvalue weighted by molar-refractivity contribution is 0.314. The zero-order valence-corrected chi connectivity index (χ0v) is 10.3. The predicted octanol–water partition coefficient (Wildman–Crippen LogP) is 3.09. The number of aromatic nitrogens is 2. The van der Waals surface area contributed by atoms with Gasteiger partial charge in [-0.1, -0.05) is 12.1 Å². The molecule has 0 saturated heterocycles. The number of para-hydroxylation sites is 2. The fourth-order valence-corrected chi connectivity index (χ4v) is 2.60. The van der Waals surface area contributed by atoms with Crippen LogP contribution in [0.3, 0.4) is 0 Å². The van der Waals surface area contributed by atoms with Crippen molar-refractivity contribution in [1.82, 2.24) is 9.97 Å². The van der Waals surface area contributed by atoms with Crippen LogP contribution in [0.15, 0.2) is 48.8 Å². The number of aromatic amines is 1. The molecule has 1 aliphatic heterocycles. The van der Waals surface area contributed by atoms with Crippen LogP contribution in [0.2, 0.25) is 0 Å². The SMILES string of the molecule is c1ccc2c(c1)OCCN2c1ccnc2[nH]ccc12. The van der Waals surface area contributed by atoms with Crippen LogP contribution in [0, 0.1) is 0 Å². The quantitative estimate of drug-likeness (QED) is 0.722. The molecule has 0 unspecified atom stereocenters. The van der Waals surface area contributed by atoms with Crippen molar-refractivity contribution in [3.8, 4) is 5.75 Å². The molecule has 4 nitrogen and oxygen atoms in total. The fourth-order valence-electron chi connectivity index (χ4n) is 2.60. The highest BCUT2D eigenvalue weighted by Gasteiger charge is 2.20. The van der Waals surface area contributed by atoms with Crippen molar-refractivity contribution in [2.75, 3.05) is 18.1 Å². The first kappa shape index (κ1) is 10.4. The van der Waals surface area contributed by atoms with Crippen molar-refractivity contribution in [2.24, 2.45) is 0 Å². The molecular weight excluding hydrogens is 238 g/mol. The third-order valence-corrected chi connectivity index (χ3v) is 3.46. The van der Waals surface area contributed by atoms with Gasteiger partial charge in [0.15, 0.2) is 0 Å². The van der Waals surface area contributed by atoms with E-state index in [1.165, 1.54) is 5.69 Å². The molecule has 2 aromatic heterocycles. The van der Waals surface area contributed by atoms with Gasteiger partial charge in [-0.3, -0.25) is 0 Å². The van der Waals surface area contributed by atoms with Crippen molar-refractivity contribution >= 4 is 22.4 Å². The van der Waals surface area contributed by atoms with E-state index in [4.69, 9.17) is 4.74 Å². The maximum Gasteiger partial charge on any atom is 0.143 e. The molecule has 0 saturated carbocycles. The first-order valence-electron chi connectivity index (χ1n) is 6.35. The monoisotopic (exact) mass is 251 g/mol. The normalized spacial score (nSPS) is 14.2. The van der Waals surface area contributed by atoms with Crippen LogP contribution < -0.4 is 9.64 Å². The van der Waals surface area contributed by atoms with Gasteiger partial charge in [0, 0.05) is 17.8 Å². The Morgan fingerprint density at radius 3 is 3.05 bits per heavy atom. The lowest BCUT2D eigenvalue weighted by atomic mass is 10.2. The molecule has 3 aromatic rings. The Hall–Kier alpha value is -2.49. The van der Waals surface area contributed by atoms with Crippen molar-refractivity contribution in [2.45, 2.75) is 0 Å². The van der Waals surface area contributed by atoms with Crippen molar-refractivity contribution in [3.63, 3.8) is 0 Å². The summed E-state index contributed by atoms with van der Waals surface area (Å²) in [7, 11) is 0. The topological polar surface area (TPSA) is 41.1 Å². The molecule has 1 aliphatic rings. The minimum atomic E-state index is 0.700. The third kappa shape index (κ3) is 1.57. The van der Waals surface area contributed by atoms with Gasteiger partial charge in [-0.05, 0) is 24.3 Å². The van der Waals surface area contributed by atoms with E-state index in [-0.39, 0.29) is 0 Å². The van der Waals surface area contributed by atoms with E-state index in [2.05, 4.69) is 33.1 Å². The predicted molar refractivity (Wildman–Crippen MR) is 75.0 cm³/mol. The lowest BCUT2D eigenvalue weighted by Gasteiger charge is -2.31. The molecule has 0 radical (unpaired) electrons. The van der Waals surface area contributed by atoms with Crippen LogP contribution in [-0.4, -0.2) is 23.1 Å². The molecule has 0 aliphatic carbocycles. The number of nitrogens with one attached hydrogen (secondary N) is 1. The van der Waals surface area contributed by atoms with Crippen LogP contribution in [0.1, 0.15) is 0 Å². The summed E-state index contributed by atoms with van der Waals surface area (Å²) in [5.41, 5.74) is 3.20. The molecule has 1 N–H and O–H groups in total. The molecule has 4 heteroatoms. The summed E-state index contributed by atoms with van der Waals surface area (Å²) in [5, 5.41) is 1.14. The molecule has 4 rings (SSSR count). The number of fused-ring (bicyclic) bond motifs is 2. The van der Waals surface area contributed by atoms with Gasteiger partial charge in [-0.15, -0.1) is 0 Å². The van der Waals surface area contributed by atoms with Gasteiger partial charge >= 0.3 is 0 Å². The van der Waals surface area contributed by atoms with Crippen molar-refractivity contribution in [3.05, 3.63) is 48.8 Å². The van der Waals surface area contributed by atoms with E-state index in [1.54, 1.807) is 0 Å². The molecule has 19 heavy (non-hydrogen) atoms. The lowest BCUT2D eigenvalue weighted by Crippen LogP contribution is -2.28. The number of H-pyrrole nitrogens is 1. The number of pyridine rings is 1. The number of hydrogen-bond acceptors (Lipinski definition) is 3. The number of anilines is 2. The van der Waals surface area contributed by atoms with Crippen LogP contribution in [0.4, 0.5) is 11.4 Å². The smallest absolute Gasteiger partial charge is 0.143 e. The Labute approximate surface area is 110 Å². The summed E-state index contributed by atoms with van der Waals surface area (Å²) < 4.78 is 5.70. The van der Waals surface area contributed by atoms with E-state index < -0.39 is 0 Å². The van der Waals surface area contributed by atoms with Gasteiger partial charge in [0.1, 0.15) is 18.0 Å². The Bertz CT molecular complexity index is 735. The summed E-state index contributed by atoms with van der Waals surface area (Å²) in [5.74, 6) is 0.939. The maximum atomic E-state index is 5.70. The van der Waals surface area contributed by atoms with Gasteiger partial charge in [-0.25, -0.2) is 4.98 Å². The van der Waals surface area contributed by atoms with E-state index in [0.29, 0.717) is 6.61 Å². The summed E-state index contributed by atoms with van der Waals surface area (Å²) in [6.07, 6.45) is 3.76. The Morgan fingerprint density at radius 1 is 1.11 bits per heavy atom. The number of ether oxygens (including phenoxy) is 1. The molecule has 3 heterocycles. The highest BCUT2D eigenvalue weighted by atomic mass is 16.5. The fraction of sp³-hybridized carbons (Fsp3) is 0.133. The van der Waals surface area contributed by atoms with Crippen LogP contribution in [0.5, 0.6) is 5.75 Å². The van der Waals surface area contributed by atoms with Gasteiger partial charge < -0.3 is 14.6 Å². The maximum absolute atomic E-state index is 5.70. The highest BCUT2D eigenvalue weighted by molar-refractivity contribution is 5.92. The van der Waals surface area contributed by atoms with Gasteiger partial charge in [-0.2, -0.15) is 0 Å². The molecule has 0 spiro atoms. The van der Waals surface area contributed by atoms with Gasteiger partial charge in [0.25, 0.3) is 0 Å². The zero-order valence-electron chi connectivity index (χ0n) is 10.3. The second-order valence-corrected chi connectivity index (χ2v) is 4.54. The van der Waals surface area contributed by atoms with Crippen molar-refractivity contribution in [1.29, 1.82) is 0 Å². The summed E-state index contributed by atoms with van der Waals surface area (Å²) in [4.78, 5) is 9.78. The van der Waals surface area contributed by atoms with Crippen LogP contribution in [-0.2, 0) is 0 Å². The van der Waals surface area contributed by atoms with Crippen LogP contribution in [0.25, 0.3) is 11.0 Å². The van der Waals surface area contributed by atoms with Crippen molar-refractivity contribution < 1.29 is 4.74 Å². The molecule has 94 valence electrons. The Morgan fingerprint density at radius 2 is 2.05 bits per heavy atom. The summed E-state index contributed by atoms with van der Waals surface area (Å²) in [6.45, 7) is 1.55. The van der Waals surface area contributed by atoms with Gasteiger partial charge in [0.2, 0.25) is 0 Å². The largest absolute Gasteiger partial charge is 0.490 e. The summed E-state index contributed by atoms with van der Waals surface area (Å²) in [6, 6.07) is 12.3.